The Hall–Kier alpha value is -1.68. The highest BCUT2D eigenvalue weighted by molar-refractivity contribution is 7.89. The molecule has 0 amide bonds. The van der Waals surface area contributed by atoms with Crippen molar-refractivity contribution in [2.75, 3.05) is 7.11 Å². The molecule has 4 N–H and O–H groups in total. The number of methoxy groups -OCH3 is 1. The smallest absolute Gasteiger partial charge is 0.304 e. The van der Waals surface area contributed by atoms with Crippen LogP contribution in [0.25, 0.3) is 0 Å². The van der Waals surface area contributed by atoms with Crippen LogP contribution in [0.2, 0.25) is 0 Å². The summed E-state index contributed by atoms with van der Waals surface area (Å²) in [6.07, 6.45) is 0. The Morgan fingerprint density at radius 1 is 1.43 bits per heavy atom. The van der Waals surface area contributed by atoms with E-state index in [-0.39, 0.29) is 28.6 Å². The fourth-order valence-electron chi connectivity index (χ4n) is 1.71. The van der Waals surface area contributed by atoms with Crippen LogP contribution in [0.5, 0.6) is 5.75 Å². The van der Waals surface area contributed by atoms with E-state index in [2.05, 4.69) is 9.71 Å². The van der Waals surface area contributed by atoms with Gasteiger partial charge in [0, 0.05) is 17.6 Å². The molecular formula is C12H15N3O4S2. The zero-order chi connectivity index (χ0) is 15.5. The predicted octanol–water partition coefficient (Wildman–Crippen LogP) is 0.382. The first-order valence-electron chi connectivity index (χ1n) is 5.99. The Kier molecular flexibility index (Phi) is 4.78. The maximum atomic E-state index is 12.3. The van der Waals surface area contributed by atoms with E-state index in [9.17, 15) is 13.2 Å². The summed E-state index contributed by atoms with van der Waals surface area (Å²) in [7, 11) is -2.38. The summed E-state index contributed by atoms with van der Waals surface area (Å²) in [5.41, 5.74) is 6.71. The molecule has 0 saturated heterocycles. The van der Waals surface area contributed by atoms with Crippen molar-refractivity contribution in [1.82, 2.24) is 9.71 Å². The lowest BCUT2D eigenvalue weighted by Gasteiger charge is -2.11. The summed E-state index contributed by atoms with van der Waals surface area (Å²) in [6, 6.07) is 4.73. The third-order valence-electron chi connectivity index (χ3n) is 2.78. The standard InChI is InChI=1S/C12H15N3O4S2/c1-19-10-3-2-8(5-13)4-11(10)21(17,18)14-6-9-7-20-12(16)15-9/h2-4,7,14H,5-6,13H2,1H3,(H,15,16). The molecule has 0 aliphatic rings. The number of nitrogens with two attached hydrogens (primary N) is 1. The molecule has 0 bridgehead atoms. The van der Waals surface area contributed by atoms with Gasteiger partial charge in [-0.2, -0.15) is 0 Å². The molecule has 1 aromatic heterocycles. The van der Waals surface area contributed by atoms with Crippen molar-refractivity contribution < 1.29 is 13.2 Å². The highest BCUT2D eigenvalue weighted by Crippen LogP contribution is 2.24. The number of aromatic amines is 1. The van der Waals surface area contributed by atoms with Crippen LogP contribution in [-0.2, 0) is 23.1 Å². The van der Waals surface area contributed by atoms with Crippen molar-refractivity contribution >= 4 is 21.4 Å². The Morgan fingerprint density at radius 3 is 2.76 bits per heavy atom. The van der Waals surface area contributed by atoms with E-state index < -0.39 is 10.0 Å². The summed E-state index contributed by atoms with van der Waals surface area (Å²) in [5, 5.41) is 1.57. The quantitative estimate of drug-likeness (QED) is 0.709. The van der Waals surface area contributed by atoms with Gasteiger partial charge in [-0.05, 0) is 17.7 Å². The number of nitrogens with one attached hydrogen (secondary N) is 2. The van der Waals surface area contributed by atoms with E-state index in [0.29, 0.717) is 11.3 Å². The number of rotatable bonds is 6. The molecule has 0 saturated carbocycles. The van der Waals surface area contributed by atoms with Gasteiger partial charge < -0.3 is 15.5 Å². The van der Waals surface area contributed by atoms with Crippen molar-refractivity contribution in [3.8, 4) is 5.75 Å². The molecular weight excluding hydrogens is 314 g/mol. The zero-order valence-electron chi connectivity index (χ0n) is 11.3. The van der Waals surface area contributed by atoms with Crippen LogP contribution < -0.4 is 20.1 Å². The molecule has 0 unspecified atom stereocenters. The van der Waals surface area contributed by atoms with Gasteiger partial charge in [-0.3, -0.25) is 4.79 Å². The zero-order valence-corrected chi connectivity index (χ0v) is 12.9. The molecule has 9 heteroatoms. The fraction of sp³-hybridized carbons (Fsp3) is 0.250. The third-order valence-corrected chi connectivity index (χ3v) is 4.92. The molecule has 0 aliphatic carbocycles. The Morgan fingerprint density at radius 2 is 2.19 bits per heavy atom. The van der Waals surface area contributed by atoms with Crippen LogP contribution in [0.4, 0.5) is 0 Å². The minimum absolute atomic E-state index is 0.00290. The Labute approximate surface area is 125 Å². The van der Waals surface area contributed by atoms with Crippen molar-refractivity contribution in [2.45, 2.75) is 18.0 Å². The second-order valence-electron chi connectivity index (χ2n) is 4.19. The summed E-state index contributed by atoms with van der Waals surface area (Å²) in [4.78, 5) is 13.3. The van der Waals surface area contributed by atoms with E-state index in [1.54, 1.807) is 17.5 Å². The van der Waals surface area contributed by atoms with Gasteiger partial charge in [0.05, 0.1) is 13.7 Å². The minimum atomic E-state index is -3.77. The van der Waals surface area contributed by atoms with E-state index in [1.165, 1.54) is 13.2 Å². The number of aromatic nitrogens is 1. The van der Waals surface area contributed by atoms with Crippen molar-refractivity contribution in [1.29, 1.82) is 0 Å². The van der Waals surface area contributed by atoms with Gasteiger partial charge in [0.15, 0.2) is 0 Å². The van der Waals surface area contributed by atoms with Gasteiger partial charge in [-0.25, -0.2) is 13.1 Å². The molecule has 0 radical (unpaired) electrons. The van der Waals surface area contributed by atoms with Crippen molar-refractivity contribution in [3.05, 3.63) is 44.5 Å². The molecule has 0 atom stereocenters. The van der Waals surface area contributed by atoms with Crippen LogP contribution in [0.1, 0.15) is 11.3 Å². The number of H-pyrrole nitrogens is 1. The van der Waals surface area contributed by atoms with Gasteiger partial charge in [0.25, 0.3) is 0 Å². The van der Waals surface area contributed by atoms with E-state index >= 15 is 0 Å². The largest absolute Gasteiger partial charge is 0.495 e. The predicted molar refractivity (Wildman–Crippen MR) is 79.9 cm³/mol. The SMILES string of the molecule is COc1ccc(CN)cc1S(=O)(=O)NCc1csc(=O)[nH]1. The molecule has 1 aromatic carbocycles. The summed E-state index contributed by atoms with van der Waals surface area (Å²) >= 11 is 0.977. The van der Waals surface area contributed by atoms with Crippen LogP contribution in [0, 0.1) is 0 Å². The summed E-state index contributed by atoms with van der Waals surface area (Å²) in [6.45, 7) is 0.224. The van der Waals surface area contributed by atoms with Crippen molar-refractivity contribution in [2.24, 2.45) is 5.73 Å². The maximum absolute atomic E-state index is 12.3. The number of hydrogen-bond donors (Lipinski definition) is 3. The Bertz CT molecular complexity index is 780. The Balaban J connectivity index is 2.27. The first kappa shape index (κ1) is 15.7. The second-order valence-corrected chi connectivity index (χ2v) is 6.76. The fourth-order valence-corrected chi connectivity index (χ4v) is 3.51. The topological polar surface area (TPSA) is 114 Å². The number of hydrogen-bond acceptors (Lipinski definition) is 6. The van der Waals surface area contributed by atoms with E-state index in [0.717, 1.165) is 11.3 Å². The monoisotopic (exact) mass is 329 g/mol. The second kappa shape index (κ2) is 6.39. The van der Waals surface area contributed by atoms with Gasteiger partial charge in [0.1, 0.15) is 10.6 Å². The van der Waals surface area contributed by atoms with Crippen LogP contribution in [-0.4, -0.2) is 20.5 Å². The molecule has 7 nitrogen and oxygen atoms in total. The molecule has 21 heavy (non-hydrogen) atoms. The average Bonchev–Trinajstić information content (AvgIpc) is 2.90. The lowest BCUT2D eigenvalue weighted by atomic mass is 10.2. The number of ether oxygens (including phenoxy) is 1. The summed E-state index contributed by atoms with van der Waals surface area (Å²) < 4.78 is 32.2. The molecule has 0 fully saturated rings. The maximum Gasteiger partial charge on any atom is 0.304 e. The lowest BCUT2D eigenvalue weighted by Crippen LogP contribution is -2.24. The van der Waals surface area contributed by atoms with Crippen LogP contribution >= 0.6 is 11.3 Å². The molecule has 2 aromatic rings. The molecule has 0 aliphatic heterocycles. The average molecular weight is 329 g/mol. The van der Waals surface area contributed by atoms with Gasteiger partial charge in [-0.1, -0.05) is 17.4 Å². The van der Waals surface area contributed by atoms with Gasteiger partial charge in [-0.15, -0.1) is 0 Å². The van der Waals surface area contributed by atoms with Gasteiger partial charge >= 0.3 is 4.87 Å². The first-order chi connectivity index (χ1) is 9.96. The molecule has 1 heterocycles. The van der Waals surface area contributed by atoms with Crippen LogP contribution in [0.15, 0.2) is 33.3 Å². The first-order valence-corrected chi connectivity index (χ1v) is 8.36. The number of sulfonamides is 1. The molecule has 114 valence electrons. The van der Waals surface area contributed by atoms with E-state index in [1.807, 2.05) is 0 Å². The lowest BCUT2D eigenvalue weighted by molar-refractivity contribution is 0.402. The number of thiazole rings is 1. The van der Waals surface area contributed by atoms with E-state index in [4.69, 9.17) is 10.5 Å². The number of benzene rings is 1. The highest BCUT2D eigenvalue weighted by Gasteiger charge is 2.20. The molecule has 2 rings (SSSR count). The normalized spacial score (nSPS) is 11.5. The highest BCUT2D eigenvalue weighted by atomic mass is 32.2. The third kappa shape index (κ3) is 3.70. The van der Waals surface area contributed by atoms with Crippen LogP contribution in [0.3, 0.4) is 0 Å². The van der Waals surface area contributed by atoms with Gasteiger partial charge in [0.2, 0.25) is 10.0 Å². The van der Waals surface area contributed by atoms with Crippen molar-refractivity contribution in [3.63, 3.8) is 0 Å². The minimum Gasteiger partial charge on any atom is -0.495 e. The molecule has 0 spiro atoms. The summed E-state index contributed by atoms with van der Waals surface area (Å²) in [5.74, 6) is 0.235.